The SMILES string of the molecule is CCNC(=O)C(CC)N(Cc1cccc(OC)c1)C(=O)CN(c1cc(Cl)ccc1OC)S(=O)(=O)c1ccccc1. The topological polar surface area (TPSA) is 105 Å². The van der Waals surface area contributed by atoms with Gasteiger partial charge >= 0.3 is 0 Å². The van der Waals surface area contributed by atoms with Crippen LogP contribution in [0.3, 0.4) is 0 Å². The summed E-state index contributed by atoms with van der Waals surface area (Å²) in [6, 6.07) is 18.6. The number of anilines is 1. The molecule has 1 atom stereocenters. The van der Waals surface area contributed by atoms with Gasteiger partial charge in [-0.2, -0.15) is 0 Å². The highest BCUT2D eigenvalue weighted by Gasteiger charge is 2.34. The average Bonchev–Trinajstić information content (AvgIpc) is 2.96. The molecular weight excluding hydrogens is 554 g/mol. The van der Waals surface area contributed by atoms with Gasteiger partial charge in [-0.1, -0.05) is 48.9 Å². The van der Waals surface area contributed by atoms with E-state index >= 15 is 0 Å². The monoisotopic (exact) mass is 587 g/mol. The number of nitrogens with zero attached hydrogens (tertiary/aromatic N) is 2. The van der Waals surface area contributed by atoms with Gasteiger partial charge < -0.3 is 19.7 Å². The lowest BCUT2D eigenvalue weighted by molar-refractivity contribution is -0.140. The molecule has 0 aliphatic heterocycles. The van der Waals surface area contributed by atoms with Crippen LogP contribution < -0.4 is 19.1 Å². The molecule has 0 aliphatic rings. The van der Waals surface area contributed by atoms with Gasteiger partial charge in [-0.15, -0.1) is 0 Å². The van der Waals surface area contributed by atoms with Crippen LogP contribution in [0.2, 0.25) is 5.02 Å². The minimum atomic E-state index is -4.25. The van der Waals surface area contributed by atoms with Gasteiger partial charge in [-0.05, 0) is 61.4 Å². The molecule has 11 heteroatoms. The van der Waals surface area contributed by atoms with Crippen molar-refractivity contribution in [3.63, 3.8) is 0 Å². The normalized spacial score (nSPS) is 11.8. The maximum atomic E-state index is 14.1. The smallest absolute Gasteiger partial charge is 0.264 e. The molecule has 0 fully saturated rings. The molecule has 0 heterocycles. The van der Waals surface area contributed by atoms with Crippen molar-refractivity contribution in [2.45, 2.75) is 37.8 Å². The molecule has 0 saturated carbocycles. The number of sulfonamides is 1. The Bertz CT molecular complexity index is 1420. The largest absolute Gasteiger partial charge is 0.497 e. The van der Waals surface area contributed by atoms with E-state index in [2.05, 4.69) is 5.32 Å². The third-order valence-corrected chi connectivity index (χ3v) is 8.25. The Balaban J connectivity index is 2.12. The second-order valence-corrected chi connectivity index (χ2v) is 11.1. The van der Waals surface area contributed by atoms with Gasteiger partial charge in [0.15, 0.2) is 0 Å². The lowest BCUT2D eigenvalue weighted by atomic mass is 10.1. The lowest BCUT2D eigenvalue weighted by Gasteiger charge is -2.33. The van der Waals surface area contributed by atoms with Crippen LogP contribution in [0.1, 0.15) is 25.8 Å². The summed E-state index contributed by atoms with van der Waals surface area (Å²) in [6.45, 7) is 3.42. The Morgan fingerprint density at radius 3 is 2.30 bits per heavy atom. The number of likely N-dealkylation sites (N-methyl/N-ethyl adjacent to an activating group) is 1. The number of ether oxygens (including phenoxy) is 2. The zero-order chi connectivity index (χ0) is 29.3. The molecule has 1 unspecified atom stereocenters. The van der Waals surface area contributed by atoms with Crippen LogP contribution in [0.15, 0.2) is 77.7 Å². The first-order valence-electron chi connectivity index (χ1n) is 12.8. The van der Waals surface area contributed by atoms with Crippen LogP contribution in [-0.4, -0.2) is 58.5 Å². The summed E-state index contributed by atoms with van der Waals surface area (Å²) in [7, 11) is -1.31. The minimum Gasteiger partial charge on any atom is -0.497 e. The molecule has 1 N–H and O–H groups in total. The van der Waals surface area contributed by atoms with Gasteiger partial charge in [0.05, 0.1) is 24.8 Å². The van der Waals surface area contributed by atoms with E-state index in [0.717, 1.165) is 4.31 Å². The van der Waals surface area contributed by atoms with Crippen LogP contribution in [0.4, 0.5) is 5.69 Å². The zero-order valence-electron chi connectivity index (χ0n) is 23.0. The number of carbonyl (C=O) groups is 2. The molecule has 0 radical (unpaired) electrons. The number of rotatable bonds is 13. The molecule has 0 bridgehead atoms. The maximum Gasteiger partial charge on any atom is 0.264 e. The fourth-order valence-electron chi connectivity index (χ4n) is 4.27. The highest BCUT2D eigenvalue weighted by Crippen LogP contribution is 2.35. The van der Waals surface area contributed by atoms with Gasteiger partial charge in [0.25, 0.3) is 10.0 Å². The number of benzene rings is 3. The van der Waals surface area contributed by atoms with Crippen molar-refractivity contribution in [2.75, 3.05) is 31.6 Å². The summed E-state index contributed by atoms with van der Waals surface area (Å²) >= 11 is 6.26. The van der Waals surface area contributed by atoms with Crippen molar-refractivity contribution < 1.29 is 27.5 Å². The fourth-order valence-corrected chi connectivity index (χ4v) is 5.87. The number of hydrogen-bond donors (Lipinski definition) is 1. The van der Waals surface area contributed by atoms with Gasteiger partial charge in [0.1, 0.15) is 24.1 Å². The Kier molecular flexibility index (Phi) is 10.8. The molecular formula is C29H34ClN3O6S. The van der Waals surface area contributed by atoms with Gasteiger partial charge in [0.2, 0.25) is 11.8 Å². The first-order chi connectivity index (χ1) is 19.2. The summed E-state index contributed by atoms with van der Waals surface area (Å²) in [4.78, 5) is 28.5. The Labute approximate surface area is 240 Å². The summed E-state index contributed by atoms with van der Waals surface area (Å²) in [5.41, 5.74) is 0.813. The second-order valence-electron chi connectivity index (χ2n) is 8.83. The third kappa shape index (κ3) is 7.25. The predicted molar refractivity (Wildman–Crippen MR) is 155 cm³/mol. The summed E-state index contributed by atoms with van der Waals surface area (Å²) in [5, 5.41) is 3.04. The summed E-state index contributed by atoms with van der Waals surface area (Å²) in [6.07, 6.45) is 0.313. The molecule has 2 amide bonds. The molecule has 3 aromatic rings. The molecule has 40 heavy (non-hydrogen) atoms. The molecule has 0 aliphatic carbocycles. The summed E-state index contributed by atoms with van der Waals surface area (Å²) < 4.78 is 39.6. The zero-order valence-corrected chi connectivity index (χ0v) is 24.5. The first-order valence-corrected chi connectivity index (χ1v) is 14.6. The molecule has 0 saturated heterocycles. The van der Waals surface area contributed by atoms with Crippen molar-refractivity contribution in [1.82, 2.24) is 10.2 Å². The van der Waals surface area contributed by atoms with Gasteiger partial charge in [-0.3, -0.25) is 13.9 Å². The second kappa shape index (κ2) is 14.0. The number of carbonyl (C=O) groups excluding carboxylic acids is 2. The Morgan fingerprint density at radius 2 is 1.68 bits per heavy atom. The molecule has 214 valence electrons. The van der Waals surface area contributed by atoms with E-state index in [4.69, 9.17) is 21.1 Å². The van der Waals surface area contributed by atoms with Crippen LogP contribution in [0.25, 0.3) is 0 Å². The van der Waals surface area contributed by atoms with Crippen LogP contribution in [0, 0.1) is 0 Å². The van der Waals surface area contributed by atoms with Crippen molar-refractivity contribution >= 4 is 39.1 Å². The number of halogens is 1. The Hall–Kier alpha value is -3.76. The van der Waals surface area contributed by atoms with Crippen LogP contribution in [0.5, 0.6) is 11.5 Å². The molecule has 3 rings (SSSR count). The number of hydrogen-bond acceptors (Lipinski definition) is 6. The highest BCUT2D eigenvalue weighted by atomic mass is 35.5. The molecule has 9 nitrogen and oxygen atoms in total. The fraction of sp³-hybridized carbons (Fsp3) is 0.310. The van der Waals surface area contributed by atoms with Crippen LogP contribution in [-0.2, 0) is 26.2 Å². The highest BCUT2D eigenvalue weighted by molar-refractivity contribution is 7.92. The molecule has 0 spiro atoms. The summed E-state index contributed by atoms with van der Waals surface area (Å²) in [5.74, 6) is -0.110. The van der Waals surface area contributed by atoms with Crippen molar-refractivity contribution in [2.24, 2.45) is 0 Å². The van der Waals surface area contributed by atoms with E-state index in [9.17, 15) is 18.0 Å². The standard InChI is InChI=1S/C29H34ClN3O6S/c1-5-25(29(35)31-6-2)32(19-21-11-10-12-23(17-21)38-3)28(34)20-33(26-18-22(30)15-16-27(26)39-4)40(36,37)24-13-8-7-9-14-24/h7-18,25H,5-6,19-20H2,1-4H3,(H,31,35). The van der Waals surface area contributed by atoms with Crippen molar-refractivity contribution in [3.05, 3.63) is 83.4 Å². The van der Waals surface area contributed by atoms with Gasteiger partial charge in [-0.25, -0.2) is 8.42 Å². The van der Waals surface area contributed by atoms with Crippen molar-refractivity contribution in [1.29, 1.82) is 0 Å². The lowest BCUT2D eigenvalue weighted by Crippen LogP contribution is -2.52. The maximum absolute atomic E-state index is 14.1. The van der Waals surface area contributed by atoms with E-state index in [1.807, 2.05) is 6.07 Å². The number of methoxy groups -OCH3 is 2. The Morgan fingerprint density at radius 1 is 0.950 bits per heavy atom. The average molecular weight is 588 g/mol. The van der Waals surface area contributed by atoms with E-state index < -0.39 is 28.5 Å². The number of nitrogens with one attached hydrogen (secondary N) is 1. The minimum absolute atomic E-state index is 0.0139. The van der Waals surface area contributed by atoms with E-state index in [1.165, 1.54) is 43.4 Å². The van der Waals surface area contributed by atoms with Crippen LogP contribution >= 0.6 is 11.6 Å². The predicted octanol–water partition coefficient (Wildman–Crippen LogP) is 4.50. The third-order valence-electron chi connectivity index (χ3n) is 6.24. The van der Waals surface area contributed by atoms with Gasteiger partial charge in [0, 0.05) is 18.1 Å². The molecule has 3 aromatic carbocycles. The van der Waals surface area contributed by atoms with E-state index in [0.29, 0.717) is 24.3 Å². The molecule has 0 aromatic heterocycles. The first kappa shape index (κ1) is 30.8. The van der Waals surface area contributed by atoms with E-state index in [1.54, 1.807) is 56.3 Å². The quantitative estimate of drug-likeness (QED) is 0.316. The number of amides is 2. The van der Waals surface area contributed by atoms with Crippen molar-refractivity contribution in [3.8, 4) is 11.5 Å². The van der Waals surface area contributed by atoms with E-state index in [-0.39, 0.29) is 33.8 Å².